The number of piperidine rings is 1. The summed E-state index contributed by atoms with van der Waals surface area (Å²) in [6.07, 6.45) is 5.84. The van der Waals surface area contributed by atoms with Crippen LogP contribution < -0.4 is 9.74 Å². The fourth-order valence-electron chi connectivity index (χ4n) is 4.43. The topological polar surface area (TPSA) is 61.4 Å². The summed E-state index contributed by atoms with van der Waals surface area (Å²) >= 11 is 6.70. The maximum Gasteiger partial charge on any atom is 0.228 e. The van der Waals surface area contributed by atoms with Crippen LogP contribution in [0.15, 0.2) is 55.0 Å². The molecular formula is C24H24ClN5O. The first-order chi connectivity index (χ1) is 15.1. The lowest BCUT2D eigenvalue weighted by atomic mass is 9.89. The number of aromatic nitrogens is 2. The Kier molecular flexibility index (Phi) is 5.34. The third-order valence-electron chi connectivity index (χ3n) is 6.21. The predicted octanol–water partition coefficient (Wildman–Crippen LogP) is 4.74. The predicted molar refractivity (Wildman–Crippen MR) is 124 cm³/mol. The molecule has 6 nitrogen and oxygen atoms in total. The molecule has 31 heavy (non-hydrogen) atoms. The maximum absolute atomic E-state index is 12.4. The largest absolute Gasteiger partial charge is 0.325 e. The van der Waals surface area contributed by atoms with E-state index >= 15 is 0 Å². The van der Waals surface area contributed by atoms with Crippen molar-refractivity contribution in [2.45, 2.75) is 25.2 Å². The highest BCUT2D eigenvalue weighted by molar-refractivity contribution is 6.29. The molecular weight excluding hydrogens is 410 g/mol. The van der Waals surface area contributed by atoms with Gasteiger partial charge in [0, 0.05) is 29.1 Å². The lowest BCUT2D eigenvalue weighted by molar-refractivity contribution is -0.115. The van der Waals surface area contributed by atoms with Crippen LogP contribution in [0.25, 0.3) is 11.3 Å². The summed E-state index contributed by atoms with van der Waals surface area (Å²) in [5.41, 5.74) is 6.21. The quantitative estimate of drug-likeness (QED) is 0.604. The molecule has 3 aromatic rings. The van der Waals surface area contributed by atoms with E-state index in [1.807, 2.05) is 18.2 Å². The molecule has 1 N–H and O–H groups in total. The van der Waals surface area contributed by atoms with Crippen LogP contribution in [-0.2, 0) is 11.2 Å². The number of nitrogens with zero attached hydrogens (tertiary/aromatic N) is 4. The number of hydrogen-bond donors (Lipinski definition) is 1. The van der Waals surface area contributed by atoms with Crippen molar-refractivity contribution >= 4 is 34.7 Å². The molecule has 1 saturated heterocycles. The molecule has 158 valence electrons. The third kappa shape index (κ3) is 4.01. The molecule has 0 saturated carbocycles. The van der Waals surface area contributed by atoms with Gasteiger partial charge < -0.3 is 10.2 Å². The van der Waals surface area contributed by atoms with Crippen molar-refractivity contribution in [1.29, 1.82) is 0 Å². The van der Waals surface area contributed by atoms with Gasteiger partial charge in [0.15, 0.2) is 0 Å². The van der Waals surface area contributed by atoms with Crippen molar-refractivity contribution in [3.8, 4) is 11.3 Å². The number of benzene rings is 2. The zero-order chi connectivity index (χ0) is 21.4. The average Bonchev–Trinajstić information content (AvgIpc) is 2.94. The Bertz CT molecular complexity index is 1110. The fourth-order valence-corrected chi connectivity index (χ4v) is 4.65. The number of halogens is 1. The smallest absolute Gasteiger partial charge is 0.228 e. The van der Waals surface area contributed by atoms with E-state index in [2.05, 4.69) is 51.5 Å². The Morgan fingerprint density at radius 1 is 1.10 bits per heavy atom. The summed E-state index contributed by atoms with van der Waals surface area (Å²) in [7, 11) is 2.18. The molecule has 1 aromatic heterocycles. The summed E-state index contributed by atoms with van der Waals surface area (Å²) in [4.78, 5) is 23.2. The van der Waals surface area contributed by atoms with Crippen molar-refractivity contribution < 1.29 is 4.79 Å². The third-order valence-corrected chi connectivity index (χ3v) is 6.60. The lowest BCUT2D eigenvalue weighted by Crippen LogP contribution is -2.29. The van der Waals surface area contributed by atoms with Gasteiger partial charge in [-0.25, -0.2) is 9.97 Å². The van der Waals surface area contributed by atoms with Crippen molar-refractivity contribution in [2.75, 3.05) is 29.9 Å². The minimum Gasteiger partial charge on any atom is -0.325 e. The molecule has 5 rings (SSSR count). The Morgan fingerprint density at radius 2 is 1.84 bits per heavy atom. The van der Waals surface area contributed by atoms with E-state index in [9.17, 15) is 4.79 Å². The number of anilines is 3. The minimum absolute atomic E-state index is 0.0875. The van der Waals surface area contributed by atoms with E-state index in [0.29, 0.717) is 11.6 Å². The SMILES string of the molecule is CN1CCC(c2ccc(N(Cl)c3ccc4c(c3)NC(=O)Cc3cncnc3-4)cc2)CC1. The first kappa shape index (κ1) is 20.0. The molecule has 2 aliphatic rings. The monoisotopic (exact) mass is 433 g/mol. The molecule has 0 aliphatic carbocycles. The number of likely N-dealkylation sites (tertiary alicyclic amines) is 1. The molecule has 0 atom stereocenters. The average molecular weight is 434 g/mol. The van der Waals surface area contributed by atoms with E-state index in [1.165, 1.54) is 24.7 Å². The number of nitrogens with one attached hydrogen (secondary N) is 1. The highest BCUT2D eigenvalue weighted by Gasteiger charge is 2.22. The van der Waals surface area contributed by atoms with Gasteiger partial charge in [-0.3, -0.25) is 9.21 Å². The van der Waals surface area contributed by atoms with Gasteiger partial charge in [-0.15, -0.1) is 0 Å². The molecule has 2 aromatic carbocycles. The fraction of sp³-hybridized carbons (Fsp3) is 0.292. The summed E-state index contributed by atoms with van der Waals surface area (Å²) in [6, 6.07) is 14.3. The van der Waals surface area contributed by atoms with Gasteiger partial charge in [0.2, 0.25) is 5.91 Å². The van der Waals surface area contributed by atoms with Crippen molar-refractivity contribution in [1.82, 2.24) is 14.9 Å². The second kappa shape index (κ2) is 8.29. The number of fused-ring (bicyclic) bond motifs is 3. The summed E-state index contributed by atoms with van der Waals surface area (Å²) in [5.74, 6) is 0.523. The molecule has 0 bridgehead atoms. The summed E-state index contributed by atoms with van der Waals surface area (Å²) in [5, 5.41) is 2.98. The Balaban J connectivity index is 1.40. The second-order valence-corrected chi connectivity index (χ2v) is 8.64. The first-order valence-electron chi connectivity index (χ1n) is 10.6. The summed E-state index contributed by atoms with van der Waals surface area (Å²) in [6.45, 7) is 2.28. The van der Waals surface area contributed by atoms with E-state index in [0.717, 1.165) is 41.3 Å². The van der Waals surface area contributed by atoms with Crippen LogP contribution >= 0.6 is 11.8 Å². The molecule has 7 heteroatoms. The van der Waals surface area contributed by atoms with Gasteiger partial charge in [-0.2, -0.15) is 0 Å². The number of carbonyl (C=O) groups is 1. The molecule has 0 radical (unpaired) electrons. The Morgan fingerprint density at radius 3 is 2.61 bits per heavy atom. The van der Waals surface area contributed by atoms with Crippen molar-refractivity contribution in [3.05, 3.63) is 66.1 Å². The number of amides is 1. The molecule has 0 unspecified atom stereocenters. The molecule has 3 heterocycles. The molecule has 0 spiro atoms. The van der Waals surface area contributed by atoms with E-state index in [1.54, 1.807) is 10.6 Å². The first-order valence-corrected chi connectivity index (χ1v) is 10.9. The van der Waals surface area contributed by atoms with Crippen LogP contribution in [-0.4, -0.2) is 40.9 Å². The Labute approximate surface area is 187 Å². The molecule has 1 fully saturated rings. The van der Waals surface area contributed by atoms with Crippen molar-refractivity contribution in [2.24, 2.45) is 0 Å². The second-order valence-electron chi connectivity index (χ2n) is 8.30. The number of hydrogen-bond acceptors (Lipinski definition) is 5. The maximum atomic E-state index is 12.4. The van der Waals surface area contributed by atoms with Gasteiger partial charge in [0.25, 0.3) is 0 Å². The van der Waals surface area contributed by atoms with Gasteiger partial charge in [0.05, 0.1) is 29.2 Å². The summed E-state index contributed by atoms with van der Waals surface area (Å²) < 4.78 is 1.62. The van der Waals surface area contributed by atoms with E-state index < -0.39 is 0 Å². The minimum atomic E-state index is -0.0875. The number of rotatable bonds is 3. The van der Waals surface area contributed by atoms with Crippen molar-refractivity contribution in [3.63, 3.8) is 0 Å². The van der Waals surface area contributed by atoms with E-state index in [4.69, 9.17) is 11.8 Å². The highest BCUT2D eigenvalue weighted by atomic mass is 35.5. The number of carbonyl (C=O) groups excluding carboxylic acids is 1. The van der Waals surface area contributed by atoms with Crippen LogP contribution in [0.3, 0.4) is 0 Å². The van der Waals surface area contributed by atoms with Gasteiger partial charge in [-0.05, 0) is 74.8 Å². The normalized spacial score (nSPS) is 16.8. The van der Waals surface area contributed by atoms with Gasteiger partial charge in [0.1, 0.15) is 6.33 Å². The van der Waals surface area contributed by atoms with Crippen LogP contribution in [0.5, 0.6) is 0 Å². The van der Waals surface area contributed by atoms with Crippen LogP contribution in [0.2, 0.25) is 0 Å². The zero-order valence-electron chi connectivity index (χ0n) is 17.4. The van der Waals surface area contributed by atoms with Crippen LogP contribution in [0.4, 0.5) is 17.1 Å². The zero-order valence-corrected chi connectivity index (χ0v) is 18.1. The lowest BCUT2D eigenvalue weighted by Gasteiger charge is -2.29. The van der Waals surface area contributed by atoms with Gasteiger partial charge >= 0.3 is 0 Å². The van der Waals surface area contributed by atoms with Crippen LogP contribution in [0, 0.1) is 0 Å². The highest BCUT2D eigenvalue weighted by Crippen LogP contribution is 2.38. The standard InChI is InChI=1S/C24H24ClN5O/c1-29-10-8-17(9-11-29)16-2-4-19(5-3-16)30(25)20-6-7-21-22(13-20)28-23(31)12-18-14-26-15-27-24(18)21/h2-7,13-15,17H,8-12H2,1H3,(H,28,31). The van der Waals surface area contributed by atoms with Gasteiger partial charge in [-0.1, -0.05) is 12.1 Å². The molecule has 2 aliphatic heterocycles. The van der Waals surface area contributed by atoms with E-state index in [-0.39, 0.29) is 12.3 Å². The molecule has 1 amide bonds. The van der Waals surface area contributed by atoms with Crippen LogP contribution in [0.1, 0.15) is 29.9 Å². The Hall–Kier alpha value is -2.96.